The molecule has 12 nitrogen and oxygen atoms in total. The molecule has 0 aliphatic carbocycles. The Kier molecular flexibility index (Phi) is 12.1. The van der Waals surface area contributed by atoms with E-state index in [9.17, 15) is 4.39 Å². The van der Waals surface area contributed by atoms with Gasteiger partial charge in [0, 0.05) is 81.3 Å². The zero-order valence-electron chi connectivity index (χ0n) is 32.4. The van der Waals surface area contributed by atoms with Crippen LogP contribution in [0, 0.1) is 5.82 Å². The normalized spacial score (nSPS) is 16.3. The predicted molar refractivity (Wildman–Crippen MR) is 232 cm³/mol. The third kappa shape index (κ3) is 8.62. The van der Waals surface area contributed by atoms with E-state index in [1.165, 1.54) is 12.1 Å². The molecule has 6 heterocycles. The van der Waals surface area contributed by atoms with Gasteiger partial charge in [-0.1, -0.05) is 46.4 Å². The number of anilines is 3. The van der Waals surface area contributed by atoms with Crippen molar-refractivity contribution in [2.75, 3.05) is 42.5 Å². The summed E-state index contributed by atoms with van der Waals surface area (Å²) >= 11 is 26.5. The van der Waals surface area contributed by atoms with Gasteiger partial charge in [0.1, 0.15) is 18.0 Å². The minimum atomic E-state index is -0.696. The topological polar surface area (TPSA) is 147 Å². The minimum absolute atomic E-state index is 0.101. The number of aromatic nitrogens is 6. The summed E-state index contributed by atoms with van der Waals surface area (Å²) in [5, 5.41) is 14.0. The Hall–Kier alpha value is -4.79. The molecule has 59 heavy (non-hydrogen) atoms. The van der Waals surface area contributed by atoms with Crippen molar-refractivity contribution in [2.24, 2.45) is 0 Å². The van der Waals surface area contributed by atoms with Gasteiger partial charge in [-0.05, 0) is 89.0 Å². The predicted octanol–water partition coefficient (Wildman–Crippen LogP) is 10.2. The van der Waals surface area contributed by atoms with Gasteiger partial charge in [-0.25, -0.2) is 14.4 Å². The first-order chi connectivity index (χ1) is 28.4. The number of piperidine rings is 2. The molecule has 0 saturated carbocycles. The molecule has 0 radical (unpaired) electrons. The Morgan fingerprint density at radius 3 is 1.71 bits per heavy atom. The zero-order chi connectivity index (χ0) is 41.4. The summed E-state index contributed by atoms with van der Waals surface area (Å²) in [5.74, 6) is 0.613. The van der Waals surface area contributed by atoms with Gasteiger partial charge in [-0.3, -0.25) is 9.36 Å². The molecule has 2 aliphatic heterocycles. The summed E-state index contributed by atoms with van der Waals surface area (Å²) in [6.07, 6.45) is 13.6. The van der Waals surface area contributed by atoms with Crippen LogP contribution in [0.2, 0.25) is 20.1 Å². The molecule has 17 heteroatoms. The molecule has 6 aromatic rings. The minimum Gasteiger partial charge on any atom is -0.482 e. The van der Waals surface area contributed by atoms with E-state index in [0.717, 1.165) is 79.8 Å². The number of nitrogens with two attached hydrogens (primary N) is 2. The summed E-state index contributed by atoms with van der Waals surface area (Å²) in [6, 6.07) is 10.6. The molecule has 2 atom stereocenters. The van der Waals surface area contributed by atoms with Gasteiger partial charge in [0.15, 0.2) is 23.1 Å². The third-order valence-electron chi connectivity index (χ3n) is 11.1. The third-order valence-corrected chi connectivity index (χ3v) is 12.5. The number of benzene rings is 2. The van der Waals surface area contributed by atoms with Crippen molar-refractivity contribution in [3.8, 4) is 33.8 Å². The fourth-order valence-corrected chi connectivity index (χ4v) is 9.30. The smallest absolute Gasteiger partial charge is 0.166 e. The van der Waals surface area contributed by atoms with Crippen molar-refractivity contribution in [1.29, 1.82) is 0 Å². The molecule has 0 amide bonds. The van der Waals surface area contributed by atoms with Gasteiger partial charge < -0.3 is 31.2 Å². The number of pyridine rings is 2. The molecule has 0 unspecified atom stereocenters. The van der Waals surface area contributed by atoms with Gasteiger partial charge >= 0.3 is 0 Å². The van der Waals surface area contributed by atoms with Crippen LogP contribution in [0.15, 0.2) is 73.6 Å². The fourth-order valence-electron chi connectivity index (χ4n) is 7.82. The Bertz CT molecular complexity index is 2470. The maximum absolute atomic E-state index is 14.2. The molecule has 8 rings (SSSR count). The number of nitrogen functional groups attached to an aromatic ring is 2. The van der Waals surface area contributed by atoms with E-state index in [2.05, 4.69) is 31.5 Å². The SMILES string of the molecule is C[C@H](Oc1cc(-c2cnn(C3CCN(c4ccc(Cl)c([C@@H](C)Oc5cc(-c6cnn(C7CCNCC7)c6)cnc5N)c4Cl)CC3)c2)cnc1N)c1c(Cl)ccc(F)c1Cl. The Balaban J connectivity index is 0.925. The molecule has 2 fully saturated rings. The van der Waals surface area contributed by atoms with Crippen LogP contribution < -0.4 is 31.2 Å². The average Bonchev–Trinajstić information content (AvgIpc) is 3.94. The second kappa shape index (κ2) is 17.4. The molecule has 308 valence electrons. The first-order valence-electron chi connectivity index (χ1n) is 19.5. The van der Waals surface area contributed by atoms with Crippen molar-refractivity contribution in [2.45, 2.75) is 63.8 Å². The highest BCUT2D eigenvalue weighted by molar-refractivity contribution is 6.38. The second-order valence-electron chi connectivity index (χ2n) is 14.9. The van der Waals surface area contributed by atoms with Gasteiger partial charge in [0.05, 0.1) is 40.2 Å². The van der Waals surface area contributed by atoms with Crippen molar-refractivity contribution in [1.82, 2.24) is 34.8 Å². The maximum atomic E-state index is 14.2. The number of hydrogen-bond donors (Lipinski definition) is 3. The monoisotopic (exact) mass is 878 g/mol. The second-order valence-corrected chi connectivity index (χ2v) is 16.5. The summed E-state index contributed by atoms with van der Waals surface area (Å²) in [5.41, 5.74) is 17.8. The number of nitrogens with one attached hydrogen (secondary N) is 1. The van der Waals surface area contributed by atoms with Crippen molar-refractivity contribution in [3.05, 3.63) is 111 Å². The van der Waals surface area contributed by atoms with Crippen LogP contribution in [0.25, 0.3) is 22.3 Å². The quantitative estimate of drug-likeness (QED) is 0.107. The lowest BCUT2D eigenvalue weighted by atomic mass is 10.0. The lowest BCUT2D eigenvalue weighted by Crippen LogP contribution is -2.35. The molecular formula is C42H43Cl4FN10O2. The Morgan fingerprint density at radius 2 is 1.17 bits per heavy atom. The van der Waals surface area contributed by atoms with Crippen LogP contribution in [-0.4, -0.2) is 55.7 Å². The van der Waals surface area contributed by atoms with Crippen LogP contribution in [-0.2, 0) is 0 Å². The summed E-state index contributed by atoms with van der Waals surface area (Å²) < 4.78 is 30.8. The highest BCUT2D eigenvalue weighted by Crippen LogP contribution is 2.42. The first kappa shape index (κ1) is 41.0. The van der Waals surface area contributed by atoms with Crippen LogP contribution in [0.4, 0.5) is 21.7 Å². The van der Waals surface area contributed by atoms with Crippen LogP contribution >= 0.6 is 46.4 Å². The highest BCUT2D eigenvalue weighted by atomic mass is 35.5. The first-order valence-corrected chi connectivity index (χ1v) is 21.0. The fraction of sp³-hybridized carbons (Fsp3) is 0.333. The largest absolute Gasteiger partial charge is 0.482 e. The summed E-state index contributed by atoms with van der Waals surface area (Å²) in [6.45, 7) is 7.07. The van der Waals surface area contributed by atoms with E-state index in [0.29, 0.717) is 38.7 Å². The standard InChI is InChI=1S/C42H43Cl4FN10O2/c1-23(37-31(43)3-5-33(47)39(37)45)58-35-15-26(18-51-41(35)48)28-20-54-57(22-28)30-9-13-55(14-10-30)34-6-4-32(44)38(40(34)46)24(2)59-36-16-25(17-52-42(36)49)27-19-53-56(21-27)29-7-11-50-12-8-29/h3-6,15-24,29-30,50H,7-14H2,1-2H3,(H2,48,51)(H2,49,52)/t23-,24+/m0/s1. The van der Waals surface area contributed by atoms with E-state index in [-0.39, 0.29) is 27.7 Å². The van der Waals surface area contributed by atoms with Crippen molar-refractivity contribution in [3.63, 3.8) is 0 Å². The zero-order valence-corrected chi connectivity index (χ0v) is 35.4. The maximum Gasteiger partial charge on any atom is 0.166 e. The average molecular weight is 881 g/mol. The molecule has 0 spiro atoms. The van der Waals surface area contributed by atoms with E-state index < -0.39 is 18.0 Å². The summed E-state index contributed by atoms with van der Waals surface area (Å²) in [7, 11) is 0. The van der Waals surface area contributed by atoms with E-state index in [1.807, 2.05) is 46.9 Å². The molecule has 5 N–H and O–H groups in total. The lowest BCUT2D eigenvalue weighted by molar-refractivity contribution is 0.227. The molecule has 2 saturated heterocycles. The molecule has 2 aliphatic rings. The highest BCUT2D eigenvalue weighted by Gasteiger charge is 2.27. The lowest BCUT2D eigenvalue weighted by Gasteiger charge is -2.35. The molecule has 0 bridgehead atoms. The Morgan fingerprint density at radius 1 is 0.678 bits per heavy atom. The van der Waals surface area contributed by atoms with Crippen LogP contribution in [0.3, 0.4) is 0 Å². The van der Waals surface area contributed by atoms with Gasteiger partial charge in [-0.15, -0.1) is 0 Å². The Labute approximate surface area is 361 Å². The van der Waals surface area contributed by atoms with Crippen LogP contribution in [0.1, 0.15) is 74.9 Å². The number of nitrogens with zero attached hydrogens (tertiary/aromatic N) is 7. The number of hydrogen-bond acceptors (Lipinski definition) is 10. The van der Waals surface area contributed by atoms with E-state index in [1.54, 1.807) is 31.6 Å². The number of halogens is 5. The van der Waals surface area contributed by atoms with Gasteiger partial charge in [0.2, 0.25) is 0 Å². The molecule has 4 aromatic heterocycles. The van der Waals surface area contributed by atoms with Gasteiger partial charge in [0.25, 0.3) is 0 Å². The summed E-state index contributed by atoms with van der Waals surface area (Å²) in [4.78, 5) is 11.0. The van der Waals surface area contributed by atoms with Crippen molar-refractivity contribution < 1.29 is 13.9 Å². The molecular weight excluding hydrogens is 837 g/mol. The molecule has 2 aromatic carbocycles. The number of ether oxygens (including phenoxy) is 2. The van der Waals surface area contributed by atoms with E-state index in [4.69, 9.17) is 72.4 Å². The van der Waals surface area contributed by atoms with Gasteiger partial charge in [-0.2, -0.15) is 10.2 Å². The van der Waals surface area contributed by atoms with Crippen LogP contribution in [0.5, 0.6) is 11.5 Å². The van der Waals surface area contributed by atoms with Crippen molar-refractivity contribution >= 4 is 63.7 Å². The number of rotatable bonds is 11. The van der Waals surface area contributed by atoms with E-state index >= 15 is 0 Å².